The van der Waals surface area contributed by atoms with Gasteiger partial charge < -0.3 is 36.6 Å². The van der Waals surface area contributed by atoms with Crippen molar-refractivity contribution in [3.63, 3.8) is 0 Å². The average Bonchev–Trinajstić information content (AvgIpc) is 3.38. The molecule has 1 unspecified atom stereocenters. The Balaban J connectivity index is 1.38. The molecule has 3 aliphatic carbocycles. The van der Waals surface area contributed by atoms with Gasteiger partial charge in [0.2, 0.25) is 17.6 Å². The molecule has 13 nitrogen and oxygen atoms in total. The Kier molecular flexibility index (Phi) is 10.2. The van der Waals surface area contributed by atoms with Crippen LogP contribution in [0.2, 0.25) is 0 Å². The van der Waals surface area contributed by atoms with E-state index in [1.54, 1.807) is 11.8 Å². The number of nitrogens with zero attached hydrogens (tertiary/aromatic N) is 1. The normalized spacial score (nSPS) is 24.1. The number of hydrogen-bond donors (Lipinski definition) is 5. The fourth-order valence-electron chi connectivity index (χ4n) is 7.80. The molecule has 1 aromatic carbocycles. The molecule has 0 radical (unpaired) electrons. The molecule has 4 aliphatic rings. The molecule has 48 heavy (non-hydrogen) atoms. The van der Waals surface area contributed by atoms with Gasteiger partial charge in [-0.05, 0) is 66.4 Å². The number of benzene rings is 1. The van der Waals surface area contributed by atoms with Gasteiger partial charge in [-0.15, -0.1) is 0 Å². The van der Waals surface area contributed by atoms with Crippen LogP contribution in [0.5, 0.6) is 0 Å². The van der Waals surface area contributed by atoms with E-state index in [0.717, 1.165) is 30.4 Å². The third-order valence-corrected chi connectivity index (χ3v) is 11.0. The maximum absolute atomic E-state index is 14.6. The number of ketones is 1. The topological polar surface area (TPSA) is 189 Å². The van der Waals surface area contributed by atoms with E-state index in [2.05, 4.69) is 41.7 Å². The number of amides is 6. The van der Waals surface area contributed by atoms with Crippen LogP contribution in [0.4, 0.5) is 9.59 Å². The van der Waals surface area contributed by atoms with E-state index in [1.807, 2.05) is 24.3 Å². The van der Waals surface area contributed by atoms with Gasteiger partial charge in [-0.3, -0.25) is 19.2 Å². The van der Waals surface area contributed by atoms with Crippen LogP contribution in [0.25, 0.3) is 0 Å². The summed E-state index contributed by atoms with van der Waals surface area (Å²) in [5.74, 6) is -3.01. The number of likely N-dealkylation sites (tertiary alicyclic amines) is 1. The Morgan fingerprint density at radius 1 is 1.02 bits per heavy atom. The van der Waals surface area contributed by atoms with Gasteiger partial charge in [0.05, 0.1) is 12.1 Å². The summed E-state index contributed by atoms with van der Waals surface area (Å²) >= 11 is 0. The Morgan fingerprint density at radius 3 is 2.21 bits per heavy atom. The highest BCUT2D eigenvalue weighted by molar-refractivity contribution is 6.37. The van der Waals surface area contributed by atoms with Crippen molar-refractivity contribution in [2.24, 2.45) is 34.8 Å². The lowest BCUT2D eigenvalue weighted by Crippen LogP contribution is -2.61. The van der Waals surface area contributed by atoms with Gasteiger partial charge in [0.1, 0.15) is 18.7 Å². The molecule has 2 saturated carbocycles. The molecule has 1 saturated heterocycles. The first-order chi connectivity index (χ1) is 22.7. The third-order valence-electron chi connectivity index (χ3n) is 11.0. The van der Waals surface area contributed by atoms with Gasteiger partial charge in [0.25, 0.3) is 5.91 Å². The maximum Gasteiger partial charge on any atom is 0.406 e. The molecule has 1 aromatic rings. The summed E-state index contributed by atoms with van der Waals surface area (Å²) in [4.78, 5) is 80.1. The number of hydrogen-bond acceptors (Lipinski definition) is 7. The van der Waals surface area contributed by atoms with E-state index in [0.29, 0.717) is 31.4 Å². The smallest absolute Gasteiger partial charge is 0.406 e. The lowest BCUT2D eigenvalue weighted by atomic mass is 9.80. The molecule has 6 atom stereocenters. The number of Topliss-reactive ketones (excluding diaryl/α,β-unsaturated/α-hetero) is 1. The molecule has 0 bridgehead atoms. The minimum atomic E-state index is -1.10. The second kappa shape index (κ2) is 14.0. The van der Waals surface area contributed by atoms with Crippen molar-refractivity contribution in [1.29, 1.82) is 0 Å². The van der Waals surface area contributed by atoms with Crippen molar-refractivity contribution >= 4 is 35.6 Å². The van der Waals surface area contributed by atoms with E-state index >= 15 is 0 Å². The lowest BCUT2D eigenvalue weighted by molar-refractivity contribution is -0.144. The molecular weight excluding hydrogens is 616 g/mol. The van der Waals surface area contributed by atoms with Crippen LogP contribution in [0.15, 0.2) is 36.4 Å². The molecule has 13 heteroatoms. The average molecular weight is 665 g/mol. The third kappa shape index (κ3) is 7.19. The SMILES string of the molecule is C=C(C)[C@@H](COC(=O)NC)NC(=O)N[C@H](C(=O)N1C[C@H]2[C@@H]([C@H]1C(=O)NC(CC1CCC1)C(=O)C(N)=O)C2(C)C)C1Cc2ccccc2C1. The van der Waals surface area contributed by atoms with Crippen molar-refractivity contribution < 1.29 is 33.5 Å². The van der Waals surface area contributed by atoms with E-state index in [-0.39, 0.29) is 35.7 Å². The van der Waals surface area contributed by atoms with Gasteiger partial charge in [0, 0.05) is 13.6 Å². The molecule has 3 fully saturated rings. The number of nitrogens with two attached hydrogens (primary N) is 1. The highest BCUT2D eigenvalue weighted by atomic mass is 16.5. The second-order valence-corrected chi connectivity index (χ2v) is 14.5. The Labute approximate surface area is 281 Å². The Hall–Kier alpha value is -4.42. The molecule has 6 amide bonds. The zero-order chi connectivity index (χ0) is 34.9. The minimum Gasteiger partial charge on any atom is -0.447 e. The van der Waals surface area contributed by atoms with Crippen LogP contribution in [0.1, 0.15) is 57.6 Å². The Morgan fingerprint density at radius 2 is 1.67 bits per heavy atom. The van der Waals surface area contributed by atoms with Gasteiger partial charge in [0.15, 0.2) is 0 Å². The van der Waals surface area contributed by atoms with Crippen molar-refractivity contribution in [1.82, 2.24) is 26.2 Å². The summed E-state index contributed by atoms with van der Waals surface area (Å²) < 4.78 is 5.14. The summed E-state index contributed by atoms with van der Waals surface area (Å²) in [6.45, 7) is 9.86. The first-order valence-electron chi connectivity index (χ1n) is 16.8. The molecule has 0 aromatic heterocycles. The monoisotopic (exact) mass is 664 g/mol. The number of rotatable bonds is 13. The predicted molar refractivity (Wildman–Crippen MR) is 176 cm³/mol. The number of ether oxygens (including phenoxy) is 1. The van der Waals surface area contributed by atoms with Crippen LogP contribution in [0.3, 0.4) is 0 Å². The largest absolute Gasteiger partial charge is 0.447 e. The van der Waals surface area contributed by atoms with E-state index in [9.17, 15) is 28.8 Å². The minimum absolute atomic E-state index is 0.0547. The van der Waals surface area contributed by atoms with Crippen molar-refractivity contribution in [3.05, 3.63) is 47.5 Å². The fourth-order valence-corrected chi connectivity index (χ4v) is 7.80. The number of carbonyl (C=O) groups is 6. The first kappa shape index (κ1) is 34.9. The van der Waals surface area contributed by atoms with Crippen LogP contribution in [0, 0.1) is 29.1 Å². The molecular formula is C35H48N6O7. The quantitative estimate of drug-likeness (QED) is 0.156. The lowest BCUT2D eigenvalue weighted by Gasteiger charge is -2.36. The van der Waals surface area contributed by atoms with Crippen molar-refractivity contribution in [2.75, 3.05) is 20.2 Å². The molecule has 5 rings (SSSR count). The van der Waals surface area contributed by atoms with Crippen LogP contribution in [-0.4, -0.2) is 84.9 Å². The van der Waals surface area contributed by atoms with Gasteiger partial charge in [-0.1, -0.05) is 69.5 Å². The van der Waals surface area contributed by atoms with Crippen LogP contribution >= 0.6 is 0 Å². The summed E-state index contributed by atoms with van der Waals surface area (Å²) in [5.41, 5.74) is 7.87. The van der Waals surface area contributed by atoms with Crippen molar-refractivity contribution in [2.45, 2.75) is 83.5 Å². The zero-order valence-corrected chi connectivity index (χ0v) is 28.2. The summed E-state index contributed by atoms with van der Waals surface area (Å²) in [7, 11) is 1.43. The van der Waals surface area contributed by atoms with Gasteiger partial charge in [-0.25, -0.2) is 9.59 Å². The second-order valence-electron chi connectivity index (χ2n) is 14.5. The first-order valence-corrected chi connectivity index (χ1v) is 16.8. The zero-order valence-electron chi connectivity index (χ0n) is 28.2. The molecule has 1 aliphatic heterocycles. The van der Waals surface area contributed by atoms with Crippen LogP contribution in [-0.2, 0) is 36.8 Å². The Bertz CT molecular complexity index is 1460. The number of carbonyl (C=O) groups excluding carboxylic acids is 6. The fraction of sp³-hybridized carbons (Fsp3) is 0.600. The number of piperidine rings is 1. The van der Waals surface area contributed by atoms with E-state index in [1.165, 1.54) is 7.05 Å². The van der Waals surface area contributed by atoms with Crippen LogP contribution < -0.4 is 27.0 Å². The molecule has 6 N–H and O–H groups in total. The summed E-state index contributed by atoms with van der Waals surface area (Å²) in [6.07, 6.45) is 3.62. The maximum atomic E-state index is 14.6. The molecule has 0 spiro atoms. The highest BCUT2D eigenvalue weighted by Crippen LogP contribution is 2.65. The number of urea groups is 1. The molecule has 1 heterocycles. The summed E-state index contributed by atoms with van der Waals surface area (Å²) in [5, 5.41) is 10.8. The van der Waals surface area contributed by atoms with E-state index in [4.69, 9.17) is 10.5 Å². The predicted octanol–water partition coefficient (Wildman–Crippen LogP) is 1.58. The van der Waals surface area contributed by atoms with Gasteiger partial charge >= 0.3 is 12.1 Å². The van der Waals surface area contributed by atoms with Gasteiger partial charge in [-0.2, -0.15) is 0 Å². The number of primary amides is 1. The number of alkyl carbamates (subject to hydrolysis) is 1. The van der Waals surface area contributed by atoms with E-state index < -0.39 is 59.8 Å². The summed E-state index contributed by atoms with van der Waals surface area (Å²) in [6, 6.07) is 3.59. The van der Waals surface area contributed by atoms with Crippen molar-refractivity contribution in [3.8, 4) is 0 Å². The number of nitrogens with one attached hydrogen (secondary N) is 4. The molecule has 260 valence electrons. The highest BCUT2D eigenvalue weighted by Gasteiger charge is 2.69. The standard InChI is InChI=1S/C35H48N6O7/c1-18(2)25(17-48-34(47)37-5)39-33(46)40-27(22-14-20-11-6-7-12-21(20)15-22)32(45)41-16-23-26(35(23,3)4)28(41)31(44)38-24(29(42)30(36)43)13-19-9-8-10-19/h6-7,11-12,19,22-28H,1,8-10,13-17H2,2-5H3,(H2,36,43)(H,37,47)(H,38,44)(H2,39,40,46)/t23-,24?,25+,26-,27-,28-/m0/s1. The number of fused-ring (bicyclic) bond motifs is 2.